The van der Waals surface area contributed by atoms with E-state index in [0.29, 0.717) is 21.6 Å². The zero-order valence-corrected chi connectivity index (χ0v) is 16.3. The second kappa shape index (κ2) is 8.03. The van der Waals surface area contributed by atoms with E-state index in [1.165, 1.54) is 11.5 Å². The van der Waals surface area contributed by atoms with E-state index >= 15 is 0 Å². The fourth-order valence-corrected chi connectivity index (χ4v) is 3.62. The van der Waals surface area contributed by atoms with Gasteiger partial charge in [-0.15, -0.1) is 0 Å². The minimum atomic E-state index is -0.580. The van der Waals surface area contributed by atoms with Crippen LogP contribution in [0.5, 0.6) is 0 Å². The molecule has 0 aliphatic rings. The number of hydrogen-bond donors (Lipinski definition) is 1. The quantitative estimate of drug-likeness (QED) is 0.528. The van der Waals surface area contributed by atoms with Crippen molar-refractivity contribution in [2.45, 2.75) is 20.0 Å². The van der Waals surface area contributed by atoms with Gasteiger partial charge in [0, 0.05) is 22.3 Å². The van der Waals surface area contributed by atoms with Gasteiger partial charge in [-0.25, -0.2) is 9.78 Å². The summed E-state index contributed by atoms with van der Waals surface area (Å²) >= 11 is 13.3. The van der Waals surface area contributed by atoms with E-state index < -0.39 is 12.2 Å². The molecule has 1 aromatic carbocycles. The Bertz CT molecular complexity index is 928. The first-order chi connectivity index (χ1) is 12.5. The Kier molecular flexibility index (Phi) is 5.76. The number of carbonyl (C=O) groups excluding carboxylic acids is 1. The molecule has 0 fully saturated rings. The molecule has 3 aromatic rings. The molecule has 134 valence electrons. The van der Waals surface area contributed by atoms with Crippen molar-refractivity contribution in [3.63, 3.8) is 0 Å². The Morgan fingerprint density at radius 1 is 1.23 bits per heavy atom. The number of hydrogen-bond acceptors (Lipinski definition) is 5. The van der Waals surface area contributed by atoms with Crippen molar-refractivity contribution in [1.29, 1.82) is 0 Å². The maximum absolute atomic E-state index is 12.4. The lowest BCUT2D eigenvalue weighted by molar-refractivity contribution is 0.121. The number of rotatable bonds is 4. The van der Waals surface area contributed by atoms with E-state index in [9.17, 15) is 4.79 Å². The zero-order valence-electron chi connectivity index (χ0n) is 14.0. The summed E-state index contributed by atoms with van der Waals surface area (Å²) in [6, 6.07) is 10.8. The second-order valence-corrected chi connectivity index (χ2v) is 7.10. The van der Waals surface area contributed by atoms with E-state index in [4.69, 9.17) is 27.9 Å². The highest BCUT2D eigenvalue weighted by Crippen LogP contribution is 2.35. The molecule has 0 saturated heterocycles. The third-order valence-electron chi connectivity index (χ3n) is 3.71. The Morgan fingerprint density at radius 3 is 2.69 bits per heavy atom. The number of aryl methyl sites for hydroxylation is 1. The number of nitrogens with zero attached hydrogens (tertiary/aromatic N) is 2. The predicted octanol–water partition coefficient (Wildman–Crippen LogP) is 6.13. The first-order valence-corrected chi connectivity index (χ1v) is 9.29. The third-order valence-corrected chi connectivity index (χ3v) is 5.26. The van der Waals surface area contributed by atoms with Gasteiger partial charge in [0.05, 0.1) is 16.3 Å². The molecule has 2 heterocycles. The molecule has 8 heteroatoms. The van der Waals surface area contributed by atoms with Gasteiger partial charge in [0.2, 0.25) is 0 Å². The molecule has 26 heavy (non-hydrogen) atoms. The van der Waals surface area contributed by atoms with E-state index in [0.717, 1.165) is 16.0 Å². The maximum Gasteiger partial charge on any atom is 0.412 e. The molecule has 0 unspecified atom stereocenters. The highest BCUT2D eigenvalue weighted by Gasteiger charge is 2.19. The number of amides is 1. The van der Waals surface area contributed by atoms with Crippen LogP contribution in [-0.2, 0) is 4.74 Å². The van der Waals surface area contributed by atoms with Gasteiger partial charge in [0.25, 0.3) is 0 Å². The lowest BCUT2D eigenvalue weighted by Gasteiger charge is -2.15. The molecule has 0 radical (unpaired) electrons. The molecule has 1 N–H and O–H groups in total. The zero-order chi connectivity index (χ0) is 18.7. The summed E-state index contributed by atoms with van der Waals surface area (Å²) in [4.78, 5) is 17.2. The number of anilines is 1. The Labute approximate surface area is 165 Å². The summed E-state index contributed by atoms with van der Waals surface area (Å²) in [6.07, 6.45) is 0.568. The van der Waals surface area contributed by atoms with E-state index in [-0.39, 0.29) is 0 Å². The van der Waals surface area contributed by atoms with Gasteiger partial charge in [-0.1, -0.05) is 41.4 Å². The van der Waals surface area contributed by atoms with Crippen LogP contribution in [0.2, 0.25) is 10.2 Å². The smallest absolute Gasteiger partial charge is 0.412 e. The molecule has 0 spiro atoms. The first kappa shape index (κ1) is 18.6. The summed E-state index contributed by atoms with van der Waals surface area (Å²) in [5, 5.41) is 3.73. The second-order valence-electron chi connectivity index (χ2n) is 5.54. The van der Waals surface area contributed by atoms with E-state index in [1.807, 2.05) is 31.2 Å². The van der Waals surface area contributed by atoms with Crippen molar-refractivity contribution in [3.8, 4) is 10.4 Å². The maximum atomic E-state index is 12.4. The molecule has 0 saturated carbocycles. The van der Waals surface area contributed by atoms with Crippen LogP contribution in [0, 0.1) is 6.92 Å². The average molecular weight is 408 g/mol. The van der Waals surface area contributed by atoms with Crippen LogP contribution in [0.4, 0.5) is 10.5 Å². The number of carbonyl (C=O) groups is 1. The van der Waals surface area contributed by atoms with E-state index in [1.54, 1.807) is 25.3 Å². The number of halogens is 2. The number of nitrogens with one attached hydrogen (secondary N) is 1. The van der Waals surface area contributed by atoms with Crippen molar-refractivity contribution in [1.82, 2.24) is 9.36 Å². The van der Waals surface area contributed by atoms with Crippen LogP contribution < -0.4 is 5.32 Å². The van der Waals surface area contributed by atoms with Crippen LogP contribution >= 0.6 is 34.7 Å². The third kappa shape index (κ3) is 4.15. The number of aromatic nitrogens is 2. The van der Waals surface area contributed by atoms with Crippen molar-refractivity contribution in [2.24, 2.45) is 0 Å². The molecule has 0 bridgehead atoms. The Hall–Kier alpha value is -2.15. The van der Waals surface area contributed by atoms with Crippen LogP contribution in [0.25, 0.3) is 10.4 Å². The summed E-state index contributed by atoms with van der Waals surface area (Å²) in [5.74, 6) is 0. The molecule has 1 amide bonds. The number of pyridine rings is 1. The normalized spacial score (nSPS) is 11.8. The van der Waals surface area contributed by atoms with Crippen molar-refractivity contribution in [2.75, 3.05) is 5.32 Å². The monoisotopic (exact) mass is 407 g/mol. The van der Waals surface area contributed by atoms with Gasteiger partial charge in [0.1, 0.15) is 11.3 Å². The molecule has 0 aliphatic carbocycles. The van der Waals surface area contributed by atoms with Gasteiger partial charge < -0.3 is 4.74 Å². The van der Waals surface area contributed by atoms with Crippen LogP contribution in [0.1, 0.15) is 24.3 Å². The van der Waals surface area contributed by atoms with Crippen molar-refractivity contribution >= 4 is 46.5 Å². The predicted molar refractivity (Wildman–Crippen MR) is 105 cm³/mol. The standard InChI is InChI=1S/C18H15Cl2N3O2S/c1-10-16(17(26-23-10)12-7-8-15(20)21-9-12)22-18(24)25-11(2)13-5-3-4-6-14(13)19/h3-9,11H,1-2H3,(H,22,24)/t11-/m1/s1. The van der Waals surface area contributed by atoms with Gasteiger partial charge >= 0.3 is 6.09 Å². The van der Waals surface area contributed by atoms with Crippen LogP contribution in [0.3, 0.4) is 0 Å². The molecular formula is C18H15Cl2N3O2S. The molecule has 5 nitrogen and oxygen atoms in total. The summed E-state index contributed by atoms with van der Waals surface area (Å²) in [7, 11) is 0. The molecular weight excluding hydrogens is 393 g/mol. The minimum absolute atomic E-state index is 0.400. The van der Waals surface area contributed by atoms with Gasteiger partial charge in [-0.3, -0.25) is 5.32 Å². The molecule has 0 aliphatic heterocycles. The lowest BCUT2D eigenvalue weighted by atomic mass is 10.1. The number of benzene rings is 1. The lowest BCUT2D eigenvalue weighted by Crippen LogP contribution is -2.16. The fraction of sp³-hybridized carbons (Fsp3) is 0.167. The minimum Gasteiger partial charge on any atom is -0.441 e. The van der Waals surface area contributed by atoms with Crippen molar-refractivity contribution < 1.29 is 9.53 Å². The summed E-state index contributed by atoms with van der Waals surface area (Å²) in [5.41, 5.74) is 2.85. The largest absolute Gasteiger partial charge is 0.441 e. The van der Waals surface area contributed by atoms with Crippen LogP contribution in [-0.4, -0.2) is 15.5 Å². The van der Waals surface area contributed by atoms with Gasteiger partial charge in [-0.2, -0.15) is 4.37 Å². The highest BCUT2D eigenvalue weighted by molar-refractivity contribution is 7.10. The average Bonchev–Trinajstić information content (AvgIpc) is 2.96. The molecule has 3 rings (SSSR count). The summed E-state index contributed by atoms with van der Waals surface area (Å²) in [6.45, 7) is 3.58. The van der Waals surface area contributed by atoms with Gasteiger partial charge in [-0.05, 0) is 43.6 Å². The SMILES string of the molecule is Cc1nsc(-c2ccc(Cl)nc2)c1NC(=O)O[C@H](C)c1ccccc1Cl. The Morgan fingerprint density at radius 2 is 2.00 bits per heavy atom. The van der Waals surface area contributed by atoms with E-state index in [2.05, 4.69) is 14.7 Å². The molecule has 1 atom stereocenters. The topological polar surface area (TPSA) is 64.1 Å². The van der Waals surface area contributed by atoms with Crippen molar-refractivity contribution in [3.05, 3.63) is 64.0 Å². The highest BCUT2D eigenvalue weighted by atomic mass is 35.5. The molecule has 2 aromatic heterocycles. The van der Waals surface area contributed by atoms with Gasteiger partial charge in [0.15, 0.2) is 0 Å². The first-order valence-electron chi connectivity index (χ1n) is 7.76. The number of ether oxygens (including phenoxy) is 1. The fourth-order valence-electron chi connectivity index (χ4n) is 2.38. The van der Waals surface area contributed by atoms with Crippen LogP contribution in [0.15, 0.2) is 42.6 Å². The Balaban J connectivity index is 1.77. The summed E-state index contributed by atoms with van der Waals surface area (Å²) < 4.78 is 9.77.